The number of phosphoric acid groups is 2. The van der Waals surface area contributed by atoms with Crippen LogP contribution in [0.15, 0.2) is 11.5 Å². The molecule has 0 aromatic heterocycles. The van der Waals surface area contributed by atoms with Crippen LogP contribution in [-0.4, -0.2) is 16.9 Å². The number of alkyl halides is 2. The van der Waals surface area contributed by atoms with Crippen LogP contribution in [0.1, 0.15) is 6.42 Å². The molecular weight excluding hydrogens is 333 g/mol. The summed E-state index contributed by atoms with van der Waals surface area (Å²) in [5, 5.41) is -1.96. The maximum Gasteiger partial charge on any atom is 0.595 e. The number of rotatable bonds is 2. The largest absolute Gasteiger partial charge is 0.595 e. The van der Waals surface area contributed by atoms with Gasteiger partial charge >= 0.3 is 26.8 Å². The fourth-order valence-corrected chi connectivity index (χ4v) is 5.87. The van der Waals surface area contributed by atoms with Gasteiger partial charge in [0.1, 0.15) is 0 Å². The highest BCUT2D eigenvalue weighted by molar-refractivity contribution is 7.51. The average molecular weight is 337 g/mol. The summed E-state index contributed by atoms with van der Waals surface area (Å²) in [5.41, 5.74) is 0.209. The molecule has 100 valence electrons. The zero-order chi connectivity index (χ0) is 12.8. The molecule has 0 aromatic carbocycles. The topological polar surface area (TPSA) is 89.5 Å². The fraction of sp³-hybridized carbons (Fsp3) is 0.667. The van der Waals surface area contributed by atoms with E-state index in [0.29, 0.717) is 0 Å². The van der Waals surface area contributed by atoms with Crippen molar-refractivity contribution in [1.29, 1.82) is 0 Å². The van der Waals surface area contributed by atoms with Crippen LogP contribution in [0.4, 0.5) is 0 Å². The van der Waals surface area contributed by atoms with E-state index in [4.69, 9.17) is 50.3 Å². The molecule has 6 aliphatic heterocycles. The minimum atomic E-state index is -3.79. The summed E-state index contributed by atoms with van der Waals surface area (Å²) in [6, 6.07) is 0. The first-order chi connectivity index (χ1) is 8.34. The van der Waals surface area contributed by atoms with Crippen molar-refractivity contribution in [2.75, 3.05) is 5.88 Å². The van der Waals surface area contributed by atoms with Gasteiger partial charge in [0, 0.05) is 5.88 Å². The predicted molar refractivity (Wildman–Crippen MR) is 55.4 cm³/mol. The monoisotopic (exact) mass is 336 g/mol. The molecule has 0 radical (unpaired) electrons. The van der Waals surface area contributed by atoms with Gasteiger partial charge in [-0.15, -0.1) is 11.6 Å². The Morgan fingerprint density at radius 2 is 1.67 bits per heavy atom. The standard InChI is InChI=1S/C6H4Cl2O8P2/c7-2-1-3-4-11-17(9,12-4)13-5(3)6(8)15-18(10,14-5)16-6/h1-2H2. The van der Waals surface area contributed by atoms with E-state index in [0.717, 1.165) is 0 Å². The molecule has 1 spiro atoms. The van der Waals surface area contributed by atoms with Gasteiger partial charge in [-0.2, -0.15) is 0 Å². The number of halogens is 2. The molecule has 0 aromatic rings. The van der Waals surface area contributed by atoms with Crippen LogP contribution in [-0.2, 0) is 36.3 Å². The van der Waals surface area contributed by atoms with E-state index in [1.165, 1.54) is 0 Å². The Morgan fingerprint density at radius 3 is 2.17 bits per heavy atom. The van der Waals surface area contributed by atoms with E-state index < -0.39 is 26.7 Å². The molecule has 1 unspecified atom stereocenters. The lowest BCUT2D eigenvalue weighted by molar-refractivity contribution is -0.229. The van der Waals surface area contributed by atoms with E-state index in [-0.39, 0.29) is 23.8 Å². The summed E-state index contributed by atoms with van der Waals surface area (Å²) in [6.07, 6.45) is 0.179. The lowest BCUT2D eigenvalue weighted by atomic mass is 10.0. The van der Waals surface area contributed by atoms with E-state index in [1.807, 2.05) is 0 Å². The molecule has 6 rings (SSSR count). The average Bonchev–Trinajstić information content (AvgIpc) is 2.49. The molecular formula is C6H4Cl2O8P2. The Hall–Kier alpha value is 0.220. The molecule has 4 fully saturated rings. The first-order valence-corrected chi connectivity index (χ1v) is 8.58. The maximum atomic E-state index is 11.7. The van der Waals surface area contributed by atoms with Crippen molar-refractivity contribution in [2.45, 2.75) is 17.5 Å². The predicted octanol–water partition coefficient (Wildman–Crippen LogP) is 2.79. The summed E-state index contributed by atoms with van der Waals surface area (Å²) in [4.78, 5) is 0. The molecule has 1 atom stereocenters. The smallest absolute Gasteiger partial charge is 0.361 e. The van der Waals surface area contributed by atoms with E-state index in [2.05, 4.69) is 0 Å². The molecule has 0 amide bonds. The summed E-state index contributed by atoms with van der Waals surface area (Å²) in [7, 11) is -7.56. The van der Waals surface area contributed by atoms with Crippen molar-refractivity contribution >= 4 is 38.8 Å². The third kappa shape index (κ3) is 1.19. The van der Waals surface area contributed by atoms with Gasteiger partial charge in [0.25, 0.3) is 5.79 Å². The van der Waals surface area contributed by atoms with Gasteiger partial charge in [0.15, 0.2) is 0 Å². The van der Waals surface area contributed by atoms with Crippen LogP contribution in [0.3, 0.4) is 0 Å². The Kier molecular flexibility index (Phi) is 2.07. The minimum Gasteiger partial charge on any atom is -0.361 e. The zero-order valence-electron chi connectivity index (χ0n) is 8.33. The molecule has 12 heteroatoms. The summed E-state index contributed by atoms with van der Waals surface area (Å²) >= 11 is 11.6. The van der Waals surface area contributed by atoms with Crippen LogP contribution < -0.4 is 0 Å². The maximum absolute atomic E-state index is 11.7. The van der Waals surface area contributed by atoms with Crippen LogP contribution in [0, 0.1) is 0 Å². The van der Waals surface area contributed by atoms with Crippen molar-refractivity contribution in [3.63, 3.8) is 0 Å². The highest BCUT2D eigenvalue weighted by Crippen LogP contribution is 2.85. The van der Waals surface area contributed by atoms with Crippen molar-refractivity contribution in [3.8, 4) is 0 Å². The molecule has 0 saturated carbocycles. The van der Waals surface area contributed by atoms with Gasteiger partial charge in [-0.1, -0.05) is 0 Å². The third-order valence-corrected chi connectivity index (χ3v) is 6.22. The van der Waals surface area contributed by atoms with Crippen molar-refractivity contribution < 1.29 is 36.3 Å². The Bertz CT molecular complexity index is 566. The zero-order valence-corrected chi connectivity index (χ0v) is 11.6. The molecule has 6 aliphatic rings. The van der Waals surface area contributed by atoms with E-state index in [1.54, 1.807) is 0 Å². The van der Waals surface area contributed by atoms with Gasteiger partial charge in [-0.3, -0.25) is 0 Å². The summed E-state index contributed by atoms with van der Waals surface area (Å²) < 4.78 is 53.0. The molecule has 6 heterocycles. The second kappa shape index (κ2) is 3.10. The molecule has 0 N–H and O–H groups in total. The Balaban J connectivity index is 1.87. The first kappa shape index (κ1) is 12.0. The lowest BCUT2D eigenvalue weighted by Crippen LogP contribution is -2.55. The van der Waals surface area contributed by atoms with Crippen LogP contribution in [0.5, 0.6) is 0 Å². The number of hydrogen-bond donors (Lipinski definition) is 0. The Morgan fingerprint density at radius 1 is 1.06 bits per heavy atom. The Labute approximate surface area is 110 Å². The second-order valence-corrected chi connectivity index (χ2v) is 7.56. The highest BCUT2D eigenvalue weighted by atomic mass is 35.5. The van der Waals surface area contributed by atoms with Crippen LogP contribution in [0.2, 0.25) is 0 Å². The number of phosphoric ester groups is 2. The number of hydrogen-bond acceptors (Lipinski definition) is 8. The summed E-state index contributed by atoms with van der Waals surface area (Å²) in [6.45, 7) is 0. The van der Waals surface area contributed by atoms with Gasteiger partial charge in [-0.05, 0) is 18.0 Å². The SMILES string of the molecule is O=P12OC(=C(CCCl)C3(O1)OP1(=O)OC3(Cl)O1)O2. The van der Waals surface area contributed by atoms with Crippen LogP contribution >= 0.6 is 38.8 Å². The van der Waals surface area contributed by atoms with Gasteiger partial charge in [0.2, 0.25) is 0 Å². The minimum absolute atomic E-state index is 0.0715. The van der Waals surface area contributed by atoms with Gasteiger partial charge in [-0.25, -0.2) is 27.2 Å². The fourth-order valence-electron chi connectivity index (χ4n) is 2.04. The van der Waals surface area contributed by atoms with Crippen molar-refractivity contribution in [2.24, 2.45) is 0 Å². The molecule has 8 nitrogen and oxygen atoms in total. The molecule has 18 heavy (non-hydrogen) atoms. The highest BCUT2D eigenvalue weighted by Gasteiger charge is 2.86. The van der Waals surface area contributed by atoms with Crippen molar-refractivity contribution in [3.05, 3.63) is 11.5 Å². The van der Waals surface area contributed by atoms with Crippen LogP contribution in [0.25, 0.3) is 0 Å². The van der Waals surface area contributed by atoms with Gasteiger partial charge < -0.3 is 9.05 Å². The third-order valence-electron chi connectivity index (χ3n) is 2.71. The second-order valence-electron chi connectivity index (χ2n) is 3.80. The van der Waals surface area contributed by atoms with Gasteiger partial charge in [0.05, 0.1) is 5.57 Å². The molecule has 4 bridgehead atoms. The lowest BCUT2D eigenvalue weighted by Gasteiger charge is -2.45. The molecule has 0 aliphatic carbocycles. The first-order valence-electron chi connectivity index (χ1n) is 4.75. The van der Waals surface area contributed by atoms with E-state index in [9.17, 15) is 9.13 Å². The quantitative estimate of drug-likeness (QED) is 0.561. The summed E-state index contributed by atoms with van der Waals surface area (Å²) in [5.74, 6) is -1.82. The van der Waals surface area contributed by atoms with E-state index >= 15 is 0 Å². The molecule has 4 saturated heterocycles. The van der Waals surface area contributed by atoms with Crippen molar-refractivity contribution in [1.82, 2.24) is 0 Å². The normalized spacial score (nSPS) is 55.7.